The Balaban J connectivity index is 1.76. The van der Waals surface area contributed by atoms with Gasteiger partial charge < -0.3 is 9.84 Å². The molecule has 0 radical (unpaired) electrons. The maximum Gasteiger partial charge on any atom is 0.341 e. The molecule has 0 aromatic heterocycles. The van der Waals surface area contributed by atoms with E-state index in [1.54, 1.807) is 11.8 Å². The van der Waals surface area contributed by atoms with E-state index in [0.717, 1.165) is 20.6 Å². The highest BCUT2D eigenvalue weighted by molar-refractivity contribution is 14.1. The Morgan fingerprint density at radius 1 is 1.03 bits per heavy atom. The van der Waals surface area contributed by atoms with Crippen molar-refractivity contribution in [2.45, 2.75) is 18.2 Å². The van der Waals surface area contributed by atoms with E-state index in [9.17, 15) is 4.79 Å². The van der Waals surface area contributed by atoms with Crippen LogP contribution in [-0.4, -0.2) is 23.4 Å². The van der Waals surface area contributed by atoms with Crippen LogP contribution in [0.25, 0.3) is 5.57 Å². The second kappa shape index (κ2) is 11.2. The van der Waals surface area contributed by atoms with Crippen molar-refractivity contribution in [2.75, 3.05) is 12.4 Å². The number of aryl methyl sites for hydroxylation is 1. The fourth-order valence-corrected chi connectivity index (χ4v) is 4.68. The molecule has 0 amide bonds. The molecule has 3 nitrogen and oxygen atoms in total. The third-order valence-electron chi connectivity index (χ3n) is 4.55. The Morgan fingerprint density at radius 3 is 2.37 bits per heavy atom. The average molecular weight is 530 g/mol. The predicted molar refractivity (Wildman–Crippen MR) is 132 cm³/mol. The van der Waals surface area contributed by atoms with E-state index < -0.39 is 5.97 Å². The molecule has 0 spiro atoms. The van der Waals surface area contributed by atoms with E-state index >= 15 is 0 Å². The smallest absolute Gasteiger partial charge is 0.341 e. The highest BCUT2D eigenvalue weighted by atomic mass is 127. The molecule has 154 valence electrons. The standard InChI is InChI=1S/C25H23IO3S/c1-2-18-8-10-20(11-9-18)22(19-6-4-3-5-7-19)14-15-30-21-12-13-24(23(26)16-21)29-17-25(27)28/h3-14,16H,2,15,17H2,1H3,(H,27,28)/b22-14-. The van der Waals surface area contributed by atoms with Gasteiger partial charge in [0.05, 0.1) is 3.57 Å². The van der Waals surface area contributed by atoms with Crippen molar-refractivity contribution in [1.29, 1.82) is 0 Å². The minimum Gasteiger partial charge on any atom is -0.481 e. The van der Waals surface area contributed by atoms with Crippen LogP contribution in [0.4, 0.5) is 0 Å². The molecule has 5 heteroatoms. The quantitative estimate of drug-likeness (QED) is 0.252. The SMILES string of the molecule is CCc1ccc(/C(=C\CSc2ccc(OCC(=O)O)c(I)c2)c2ccccc2)cc1. The van der Waals surface area contributed by atoms with Gasteiger partial charge in [0, 0.05) is 10.6 Å². The van der Waals surface area contributed by atoms with Crippen molar-refractivity contribution in [1.82, 2.24) is 0 Å². The number of benzene rings is 3. The summed E-state index contributed by atoms with van der Waals surface area (Å²) in [6.45, 7) is 1.83. The molecule has 0 aliphatic carbocycles. The van der Waals surface area contributed by atoms with Crippen LogP contribution in [0.15, 0.2) is 83.8 Å². The maximum absolute atomic E-state index is 10.7. The van der Waals surface area contributed by atoms with Crippen LogP contribution < -0.4 is 4.74 Å². The second-order valence-corrected chi connectivity index (χ2v) is 8.88. The van der Waals surface area contributed by atoms with Crippen LogP contribution >= 0.6 is 34.4 Å². The maximum atomic E-state index is 10.7. The van der Waals surface area contributed by atoms with Gasteiger partial charge in [0.15, 0.2) is 6.61 Å². The molecule has 1 N–H and O–H groups in total. The van der Waals surface area contributed by atoms with Crippen LogP contribution in [0.2, 0.25) is 0 Å². The van der Waals surface area contributed by atoms with Gasteiger partial charge in [-0.15, -0.1) is 11.8 Å². The van der Waals surface area contributed by atoms with Crippen LogP contribution in [0.1, 0.15) is 23.6 Å². The zero-order valence-corrected chi connectivity index (χ0v) is 19.7. The Hall–Kier alpha value is -2.25. The summed E-state index contributed by atoms with van der Waals surface area (Å²) in [5, 5.41) is 8.77. The van der Waals surface area contributed by atoms with Crippen LogP contribution in [0.3, 0.4) is 0 Å². The summed E-state index contributed by atoms with van der Waals surface area (Å²) in [7, 11) is 0. The highest BCUT2D eigenvalue weighted by Crippen LogP contribution is 2.29. The molecule has 3 aromatic carbocycles. The lowest BCUT2D eigenvalue weighted by Gasteiger charge is -2.10. The van der Waals surface area contributed by atoms with Gasteiger partial charge in [-0.2, -0.15) is 0 Å². The lowest BCUT2D eigenvalue weighted by Crippen LogP contribution is -2.10. The third kappa shape index (κ3) is 6.37. The fourth-order valence-electron chi connectivity index (χ4n) is 2.99. The largest absolute Gasteiger partial charge is 0.481 e. The normalized spacial score (nSPS) is 11.3. The molecule has 0 heterocycles. The molecule has 0 saturated carbocycles. The molecule has 0 fully saturated rings. The number of aliphatic carboxylic acids is 1. The summed E-state index contributed by atoms with van der Waals surface area (Å²) in [4.78, 5) is 11.8. The van der Waals surface area contributed by atoms with Gasteiger partial charge >= 0.3 is 5.97 Å². The lowest BCUT2D eigenvalue weighted by molar-refractivity contribution is -0.139. The molecule has 0 bridgehead atoms. The monoisotopic (exact) mass is 530 g/mol. The first kappa shape index (κ1) is 22.4. The first-order chi connectivity index (χ1) is 14.6. The zero-order chi connectivity index (χ0) is 21.3. The second-order valence-electron chi connectivity index (χ2n) is 6.62. The van der Waals surface area contributed by atoms with Crippen LogP contribution in [-0.2, 0) is 11.2 Å². The van der Waals surface area contributed by atoms with E-state index in [0.29, 0.717) is 5.75 Å². The van der Waals surface area contributed by atoms with E-state index in [1.165, 1.54) is 22.3 Å². The molecule has 0 unspecified atom stereocenters. The lowest BCUT2D eigenvalue weighted by atomic mass is 9.96. The van der Waals surface area contributed by atoms with Gasteiger partial charge in [0.1, 0.15) is 5.75 Å². The fraction of sp³-hybridized carbons (Fsp3) is 0.160. The zero-order valence-electron chi connectivity index (χ0n) is 16.7. The number of carboxylic acid groups (broad SMARTS) is 1. The van der Waals surface area contributed by atoms with Crippen molar-refractivity contribution >= 4 is 45.9 Å². The molecular formula is C25H23IO3S. The molecule has 0 atom stereocenters. The van der Waals surface area contributed by atoms with Crippen molar-refractivity contribution < 1.29 is 14.6 Å². The summed E-state index contributed by atoms with van der Waals surface area (Å²) in [5.74, 6) is 0.444. The number of hydrogen-bond donors (Lipinski definition) is 1. The predicted octanol–water partition coefficient (Wildman–Crippen LogP) is 6.54. The van der Waals surface area contributed by atoms with Crippen LogP contribution in [0.5, 0.6) is 5.75 Å². The van der Waals surface area contributed by atoms with Crippen molar-refractivity contribution in [3.8, 4) is 5.75 Å². The van der Waals surface area contributed by atoms with Crippen molar-refractivity contribution in [3.05, 3.63) is 99.1 Å². The van der Waals surface area contributed by atoms with Gasteiger partial charge in [-0.1, -0.05) is 67.6 Å². The van der Waals surface area contributed by atoms with Crippen LogP contribution in [0, 0.1) is 3.57 Å². The number of thioether (sulfide) groups is 1. The van der Waals surface area contributed by atoms with Gasteiger partial charge in [-0.3, -0.25) is 0 Å². The summed E-state index contributed by atoms with van der Waals surface area (Å²) < 4.78 is 6.21. The molecule has 0 aliphatic heterocycles. The van der Waals surface area contributed by atoms with E-state index in [1.807, 2.05) is 24.3 Å². The molecule has 3 aromatic rings. The van der Waals surface area contributed by atoms with Gasteiger partial charge in [0.2, 0.25) is 0 Å². The third-order valence-corrected chi connectivity index (χ3v) is 6.31. The minimum atomic E-state index is -0.977. The van der Waals surface area contributed by atoms with Gasteiger partial charge in [-0.05, 0) is 69.5 Å². The first-order valence-electron chi connectivity index (χ1n) is 9.68. The van der Waals surface area contributed by atoms with E-state index in [4.69, 9.17) is 9.84 Å². The summed E-state index contributed by atoms with van der Waals surface area (Å²) in [6, 6.07) is 25.0. The summed E-state index contributed by atoms with van der Waals surface area (Å²) in [5.41, 5.74) is 4.97. The van der Waals surface area contributed by atoms with E-state index in [-0.39, 0.29) is 6.61 Å². The van der Waals surface area contributed by atoms with Gasteiger partial charge in [-0.25, -0.2) is 4.79 Å². The number of ether oxygens (including phenoxy) is 1. The number of carbonyl (C=O) groups is 1. The Bertz CT molecular complexity index is 1010. The number of carboxylic acids is 1. The summed E-state index contributed by atoms with van der Waals surface area (Å²) >= 11 is 3.92. The molecule has 0 aliphatic rings. The Labute approximate surface area is 195 Å². The molecule has 0 saturated heterocycles. The minimum absolute atomic E-state index is 0.331. The van der Waals surface area contributed by atoms with Gasteiger partial charge in [0.25, 0.3) is 0 Å². The number of rotatable bonds is 9. The molecular weight excluding hydrogens is 507 g/mol. The van der Waals surface area contributed by atoms with E-state index in [2.05, 4.69) is 84.1 Å². The molecule has 3 rings (SSSR count). The topological polar surface area (TPSA) is 46.5 Å². The summed E-state index contributed by atoms with van der Waals surface area (Å²) in [6.07, 6.45) is 3.30. The Kier molecular flexibility index (Phi) is 8.39. The number of halogens is 1. The Morgan fingerprint density at radius 2 is 1.73 bits per heavy atom. The van der Waals surface area contributed by atoms with Crippen molar-refractivity contribution in [2.24, 2.45) is 0 Å². The highest BCUT2D eigenvalue weighted by Gasteiger charge is 2.07. The average Bonchev–Trinajstić information content (AvgIpc) is 2.77. The molecule has 30 heavy (non-hydrogen) atoms. The van der Waals surface area contributed by atoms with Crippen molar-refractivity contribution in [3.63, 3.8) is 0 Å². The first-order valence-corrected chi connectivity index (χ1v) is 11.7. The number of hydrogen-bond acceptors (Lipinski definition) is 3.